The van der Waals surface area contributed by atoms with Crippen LogP contribution in [-0.4, -0.2) is 16.3 Å². The number of hydrogen-bond donors (Lipinski definition) is 0. The maximum atomic E-state index is 4.86. The van der Waals surface area contributed by atoms with Gasteiger partial charge in [-0.15, -0.1) is 0 Å². The fourth-order valence-electron chi connectivity index (χ4n) is 0.841. The van der Waals surface area contributed by atoms with Crippen LogP contribution in [0.2, 0.25) is 0 Å². The molecule has 0 atom stereocenters. The van der Waals surface area contributed by atoms with Crippen molar-refractivity contribution in [2.24, 2.45) is 4.99 Å². The SMILES string of the molecule is C=Nc1noc2cccn12. The van der Waals surface area contributed by atoms with E-state index in [-0.39, 0.29) is 0 Å². The Morgan fingerprint density at radius 2 is 2.60 bits per heavy atom. The van der Waals surface area contributed by atoms with Crippen LogP contribution < -0.4 is 0 Å². The maximum Gasteiger partial charge on any atom is 0.273 e. The van der Waals surface area contributed by atoms with E-state index in [1.807, 2.05) is 18.3 Å². The van der Waals surface area contributed by atoms with E-state index in [9.17, 15) is 0 Å². The van der Waals surface area contributed by atoms with Crippen molar-refractivity contribution in [2.45, 2.75) is 0 Å². The highest BCUT2D eigenvalue weighted by Crippen LogP contribution is 2.12. The summed E-state index contributed by atoms with van der Waals surface area (Å²) in [6.07, 6.45) is 1.82. The fourth-order valence-corrected chi connectivity index (χ4v) is 0.841. The second-order valence-electron chi connectivity index (χ2n) is 1.86. The normalized spacial score (nSPS) is 10.4. The molecule has 0 unspecified atom stereocenters. The van der Waals surface area contributed by atoms with Gasteiger partial charge in [0, 0.05) is 12.3 Å². The molecule has 0 N–H and O–H groups in total. The molecule has 0 amide bonds. The summed E-state index contributed by atoms with van der Waals surface area (Å²) in [5.74, 6) is 0.486. The van der Waals surface area contributed by atoms with E-state index in [0.717, 1.165) is 0 Å². The van der Waals surface area contributed by atoms with Crippen molar-refractivity contribution >= 4 is 18.4 Å². The lowest BCUT2D eigenvalue weighted by atomic mass is 10.7. The van der Waals surface area contributed by atoms with E-state index in [4.69, 9.17) is 4.52 Å². The minimum atomic E-state index is 0.486. The lowest BCUT2D eigenvalue weighted by Gasteiger charge is -1.79. The molecule has 4 nitrogen and oxygen atoms in total. The van der Waals surface area contributed by atoms with Gasteiger partial charge in [0.1, 0.15) is 0 Å². The van der Waals surface area contributed by atoms with Crippen LogP contribution in [0.25, 0.3) is 5.71 Å². The zero-order valence-corrected chi connectivity index (χ0v) is 5.19. The molecule has 0 aliphatic rings. The van der Waals surface area contributed by atoms with E-state index in [2.05, 4.69) is 16.9 Å². The van der Waals surface area contributed by atoms with Crippen molar-refractivity contribution in [3.05, 3.63) is 18.3 Å². The highest BCUT2D eigenvalue weighted by Gasteiger charge is 2.01. The van der Waals surface area contributed by atoms with Gasteiger partial charge >= 0.3 is 0 Å². The molecule has 0 fully saturated rings. The molecule has 50 valence electrons. The van der Waals surface area contributed by atoms with Gasteiger partial charge in [0.05, 0.1) is 0 Å². The van der Waals surface area contributed by atoms with Crippen LogP contribution in [0.4, 0.5) is 5.95 Å². The van der Waals surface area contributed by atoms with Crippen LogP contribution in [0, 0.1) is 0 Å². The Hall–Kier alpha value is -1.58. The molecular formula is C6H5N3O. The summed E-state index contributed by atoms with van der Waals surface area (Å²) >= 11 is 0. The van der Waals surface area contributed by atoms with Gasteiger partial charge in [-0.1, -0.05) is 0 Å². The Morgan fingerprint density at radius 1 is 1.70 bits per heavy atom. The van der Waals surface area contributed by atoms with E-state index >= 15 is 0 Å². The molecule has 0 saturated carbocycles. The van der Waals surface area contributed by atoms with Gasteiger partial charge in [0.25, 0.3) is 5.95 Å². The molecule has 0 aliphatic heterocycles. The predicted molar refractivity (Wildman–Crippen MR) is 36.7 cm³/mol. The quantitative estimate of drug-likeness (QED) is 0.552. The van der Waals surface area contributed by atoms with E-state index in [1.54, 1.807) is 4.40 Å². The van der Waals surface area contributed by atoms with Crippen LogP contribution >= 0.6 is 0 Å². The molecule has 0 aromatic carbocycles. The standard InChI is InChI=1S/C6H5N3O/c1-7-6-8-10-5-3-2-4-9(5)6/h2-4H,1H2. The first-order chi connectivity index (χ1) is 4.92. The fraction of sp³-hybridized carbons (Fsp3) is 0. The average molecular weight is 135 g/mol. The molecule has 10 heavy (non-hydrogen) atoms. The third kappa shape index (κ3) is 0.500. The summed E-state index contributed by atoms with van der Waals surface area (Å²) in [6.45, 7) is 3.34. The van der Waals surface area contributed by atoms with Crippen LogP contribution in [-0.2, 0) is 0 Å². The third-order valence-electron chi connectivity index (χ3n) is 1.29. The Morgan fingerprint density at radius 3 is 3.40 bits per heavy atom. The topological polar surface area (TPSA) is 42.8 Å². The van der Waals surface area contributed by atoms with Crippen molar-refractivity contribution in [3.63, 3.8) is 0 Å². The molecular weight excluding hydrogens is 130 g/mol. The van der Waals surface area contributed by atoms with Gasteiger partial charge in [-0.05, 0) is 17.9 Å². The van der Waals surface area contributed by atoms with Crippen molar-refractivity contribution < 1.29 is 4.52 Å². The first-order valence-electron chi connectivity index (χ1n) is 2.81. The minimum Gasteiger partial charge on any atom is -0.334 e. The van der Waals surface area contributed by atoms with Crippen molar-refractivity contribution in [2.75, 3.05) is 0 Å². The van der Waals surface area contributed by atoms with Crippen LogP contribution in [0.1, 0.15) is 0 Å². The lowest BCUT2D eigenvalue weighted by Crippen LogP contribution is -1.73. The number of aliphatic imine (C=N–C) groups is 1. The monoisotopic (exact) mass is 135 g/mol. The molecule has 4 heteroatoms. The van der Waals surface area contributed by atoms with Crippen LogP contribution in [0.15, 0.2) is 27.8 Å². The zero-order valence-electron chi connectivity index (χ0n) is 5.19. The number of rotatable bonds is 1. The molecule has 0 aliphatic carbocycles. The summed E-state index contributed by atoms with van der Waals surface area (Å²) in [6, 6.07) is 3.66. The minimum absolute atomic E-state index is 0.486. The molecule has 0 bridgehead atoms. The summed E-state index contributed by atoms with van der Waals surface area (Å²) in [5, 5.41) is 3.63. The van der Waals surface area contributed by atoms with Gasteiger partial charge in [-0.3, -0.25) is 4.40 Å². The van der Waals surface area contributed by atoms with Crippen LogP contribution in [0.5, 0.6) is 0 Å². The van der Waals surface area contributed by atoms with Crippen molar-refractivity contribution in [3.8, 4) is 0 Å². The summed E-state index contributed by atoms with van der Waals surface area (Å²) in [7, 11) is 0. The Balaban J connectivity index is 2.88. The van der Waals surface area contributed by atoms with Crippen molar-refractivity contribution in [1.82, 2.24) is 9.56 Å². The summed E-state index contributed by atoms with van der Waals surface area (Å²) in [5.41, 5.74) is 0.683. The number of nitrogens with zero attached hydrogens (tertiary/aromatic N) is 3. The molecule has 2 heterocycles. The van der Waals surface area contributed by atoms with Crippen LogP contribution in [0.3, 0.4) is 0 Å². The van der Waals surface area contributed by atoms with Gasteiger partial charge in [0.2, 0.25) is 5.71 Å². The van der Waals surface area contributed by atoms with E-state index < -0.39 is 0 Å². The van der Waals surface area contributed by atoms with Gasteiger partial charge in [-0.25, -0.2) is 4.99 Å². The Bertz CT molecular complexity index is 360. The van der Waals surface area contributed by atoms with Gasteiger partial charge < -0.3 is 4.52 Å². The van der Waals surface area contributed by atoms with Gasteiger partial charge in [-0.2, -0.15) is 0 Å². The molecule has 2 rings (SSSR count). The Labute approximate surface area is 56.8 Å². The lowest BCUT2D eigenvalue weighted by molar-refractivity contribution is 0.457. The van der Waals surface area contributed by atoms with Gasteiger partial charge in [0.15, 0.2) is 0 Å². The van der Waals surface area contributed by atoms with E-state index in [0.29, 0.717) is 11.7 Å². The highest BCUT2D eigenvalue weighted by molar-refractivity contribution is 5.43. The molecule has 0 spiro atoms. The summed E-state index contributed by atoms with van der Waals surface area (Å²) in [4.78, 5) is 3.64. The largest absolute Gasteiger partial charge is 0.334 e. The second kappa shape index (κ2) is 1.70. The average Bonchev–Trinajstić information content (AvgIpc) is 2.44. The first kappa shape index (κ1) is 5.22. The number of hydrogen-bond acceptors (Lipinski definition) is 3. The van der Waals surface area contributed by atoms with E-state index in [1.165, 1.54) is 0 Å². The molecule has 2 aromatic rings. The molecule has 2 aromatic heterocycles. The first-order valence-corrected chi connectivity index (χ1v) is 2.81. The predicted octanol–water partition coefficient (Wildman–Crippen LogP) is 1.26. The summed E-state index contributed by atoms with van der Waals surface area (Å²) < 4.78 is 6.57. The number of aromatic nitrogens is 2. The number of fused-ring (bicyclic) bond motifs is 1. The Kier molecular flexibility index (Phi) is 0.887. The maximum absolute atomic E-state index is 4.86. The third-order valence-corrected chi connectivity index (χ3v) is 1.29. The molecule has 0 radical (unpaired) electrons. The zero-order chi connectivity index (χ0) is 6.97. The smallest absolute Gasteiger partial charge is 0.273 e. The molecule has 0 saturated heterocycles. The van der Waals surface area contributed by atoms with Crippen molar-refractivity contribution in [1.29, 1.82) is 0 Å². The second-order valence-corrected chi connectivity index (χ2v) is 1.86. The highest BCUT2D eigenvalue weighted by atomic mass is 16.5.